The highest BCUT2D eigenvalue weighted by Gasteiger charge is 2.30. The molecule has 0 fully saturated rings. The number of halogens is 3. The number of nitrogens with one attached hydrogen (secondary N) is 2. The minimum absolute atomic E-state index is 0.0163. The van der Waals surface area contributed by atoms with Gasteiger partial charge in [-0.25, -0.2) is 0 Å². The Morgan fingerprint density at radius 1 is 0.829 bits per heavy atom. The minimum Gasteiger partial charge on any atom is -0.493 e. The number of methoxy groups -OCH3 is 1. The maximum atomic E-state index is 12.9. The van der Waals surface area contributed by atoms with Crippen LogP contribution >= 0.6 is 0 Å². The number of carbonyl (C=O) groups excluding carboxylic acids is 3. The summed E-state index contributed by atoms with van der Waals surface area (Å²) in [6.07, 6.45) is -4.54. The van der Waals surface area contributed by atoms with Crippen molar-refractivity contribution < 1.29 is 37.0 Å². The average Bonchev–Trinajstić information content (AvgIpc) is 2.82. The highest BCUT2D eigenvalue weighted by Crippen LogP contribution is 2.31. The number of hydrogen-bond acceptors (Lipinski definition) is 5. The number of Topliss-reactive ketones (excluding diaryl/α,β-unsaturated/α-hetero) is 1. The molecule has 0 aromatic heterocycles. The van der Waals surface area contributed by atoms with E-state index in [4.69, 9.17) is 9.47 Å². The highest BCUT2D eigenvalue weighted by molar-refractivity contribution is 6.05. The topological polar surface area (TPSA) is 93.7 Å². The number of rotatable bonds is 8. The number of hydrogen-bond donors (Lipinski definition) is 2. The van der Waals surface area contributed by atoms with Gasteiger partial charge in [-0.1, -0.05) is 12.1 Å². The molecule has 182 valence electrons. The van der Waals surface area contributed by atoms with Crippen LogP contribution in [-0.2, 0) is 11.0 Å². The van der Waals surface area contributed by atoms with Gasteiger partial charge in [0.05, 0.1) is 12.7 Å². The molecule has 0 radical (unpaired) electrons. The first-order valence-electron chi connectivity index (χ1n) is 10.3. The Kier molecular flexibility index (Phi) is 7.75. The van der Waals surface area contributed by atoms with E-state index >= 15 is 0 Å². The van der Waals surface area contributed by atoms with Gasteiger partial charge in [-0.3, -0.25) is 14.4 Å². The monoisotopic (exact) mass is 486 g/mol. The molecule has 3 aromatic rings. The van der Waals surface area contributed by atoms with Gasteiger partial charge < -0.3 is 20.1 Å². The second-order valence-corrected chi connectivity index (χ2v) is 7.37. The Balaban J connectivity index is 1.63. The number of ether oxygens (including phenoxy) is 2. The Bertz CT molecular complexity index is 1260. The molecule has 10 heteroatoms. The number of carbonyl (C=O) groups is 3. The Morgan fingerprint density at radius 2 is 1.51 bits per heavy atom. The molecule has 0 aliphatic rings. The summed E-state index contributed by atoms with van der Waals surface area (Å²) in [5.74, 6) is -0.768. The molecule has 3 rings (SSSR count). The van der Waals surface area contributed by atoms with Crippen molar-refractivity contribution in [2.24, 2.45) is 0 Å². The standard InChI is InChI=1S/C25H21F3N2O5/c1-15(31)16-9-10-21(22(12-16)34-2)35-14-23(32)29-19-7-3-5-17(11-19)24(33)30-20-8-4-6-18(13-20)25(26,27)28/h3-13H,14H2,1-2H3,(H,29,32)(H,30,33). The first-order valence-corrected chi connectivity index (χ1v) is 10.3. The van der Waals surface area contributed by atoms with E-state index in [1.807, 2.05) is 0 Å². The van der Waals surface area contributed by atoms with Crippen molar-refractivity contribution in [1.29, 1.82) is 0 Å². The fourth-order valence-corrected chi connectivity index (χ4v) is 3.06. The fraction of sp³-hybridized carbons (Fsp3) is 0.160. The maximum Gasteiger partial charge on any atom is 0.416 e. The number of amides is 2. The third-order valence-electron chi connectivity index (χ3n) is 4.79. The van der Waals surface area contributed by atoms with Crippen LogP contribution in [0, 0.1) is 0 Å². The Hall–Kier alpha value is -4.34. The second kappa shape index (κ2) is 10.7. The van der Waals surface area contributed by atoms with Gasteiger partial charge in [0.1, 0.15) is 0 Å². The molecule has 0 bridgehead atoms. The SMILES string of the molecule is COc1cc(C(C)=O)ccc1OCC(=O)Nc1cccc(C(=O)Nc2cccc(C(F)(F)F)c2)c1. The molecule has 0 spiro atoms. The maximum absolute atomic E-state index is 12.9. The smallest absolute Gasteiger partial charge is 0.416 e. The summed E-state index contributed by atoms with van der Waals surface area (Å²) in [5.41, 5.74) is -0.0584. The lowest BCUT2D eigenvalue weighted by Gasteiger charge is -2.12. The average molecular weight is 486 g/mol. The molecule has 0 aliphatic heterocycles. The van der Waals surface area contributed by atoms with E-state index < -0.39 is 23.6 Å². The molecule has 35 heavy (non-hydrogen) atoms. The third-order valence-corrected chi connectivity index (χ3v) is 4.79. The zero-order chi connectivity index (χ0) is 25.6. The fourth-order valence-electron chi connectivity index (χ4n) is 3.06. The summed E-state index contributed by atoms with van der Waals surface area (Å²) in [7, 11) is 1.40. The summed E-state index contributed by atoms with van der Waals surface area (Å²) >= 11 is 0. The van der Waals surface area contributed by atoms with Crippen LogP contribution in [0.2, 0.25) is 0 Å². The zero-order valence-electron chi connectivity index (χ0n) is 18.7. The number of ketones is 1. The molecular formula is C25H21F3N2O5. The van der Waals surface area contributed by atoms with Crippen LogP contribution in [0.15, 0.2) is 66.7 Å². The largest absolute Gasteiger partial charge is 0.493 e. The molecule has 0 aliphatic carbocycles. The van der Waals surface area contributed by atoms with Crippen molar-refractivity contribution in [3.63, 3.8) is 0 Å². The lowest BCUT2D eigenvalue weighted by atomic mass is 10.1. The first-order chi connectivity index (χ1) is 16.6. The van der Waals surface area contributed by atoms with Crippen molar-refractivity contribution in [3.05, 3.63) is 83.4 Å². The summed E-state index contributed by atoms with van der Waals surface area (Å²) < 4.78 is 49.3. The van der Waals surface area contributed by atoms with Crippen molar-refractivity contribution >= 4 is 29.0 Å². The molecule has 2 N–H and O–H groups in total. The van der Waals surface area contributed by atoms with Gasteiger partial charge in [0.25, 0.3) is 11.8 Å². The Labute approximate surface area is 198 Å². The molecule has 2 amide bonds. The Morgan fingerprint density at radius 3 is 2.17 bits per heavy atom. The zero-order valence-corrected chi connectivity index (χ0v) is 18.7. The van der Waals surface area contributed by atoms with Gasteiger partial charge in [0.2, 0.25) is 0 Å². The number of alkyl halides is 3. The van der Waals surface area contributed by atoms with E-state index in [0.29, 0.717) is 11.3 Å². The van der Waals surface area contributed by atoms with E-state index in [1.54, 1.807) is 12.1 Å². The molecule has 0 heterocycles. The van der Waals surface area contributed by atoms with E-state index in [-0.39, 0.29) is 35.1 Å². The quantitative estimate of drug-likeness (QED) is 0.428. The van der Waals surface area contributed by atoms with E-state index in [0.717, 1.165) is 12.1 Å². The molecule has 0 saturated carbocycles. The third kappa shape index (κ3) is 6.83. The predicted molar refractivity (Wildman–Crippen MR) is 123 cm³/mol. The lowest BCUT2D eigenvalue weighted by Crippen LogP contribution is -2.21. The normalized spacial score (nSPS) is 10.9. The van der Waals surface area contributed by atoms with Gasteiger partial charge in [0.15, 0.2) is 23.9 Å². The van der Waals surface area contributed by atoms with Gasteiger partial charge in [-0.05, 0) is 61.5 Å². The summed E-state index contributed by atoms with van der Waals surface area (Å²) in [6.45, 7) is 1.03. The molecular weight excluding hydrogens is 465 g/mol. The van der Waals surface area contributed by atoms with Crippen LogP contribution in [0.1, 0.15) is 33.2 Å². The van der Waals surface area contributed by atoms with Crippen molar-refractivity contribution in [1.82, 2.24) is 0 Å². The molecule has 7 nitrogen and oxygen atoms in total. The molecule has 0 unspecified atom stereocenters. The van der Waals surface area contributed by atoms with Gasteiger partial charge in [-0.2, -0.15) is 13.2 Å². The van der Waals surface area contributed by atoms with E-state index in [9.17, 15) is 27.6 Å². The molecule has 0 atom stereocenters. The summed E-state index contributed by atoms with van der Waals surface area (Å²) in [5, 5.41) is 4.99. The van der Waals surface area contributed by atoms with Crippen LogP contribution in [-0.4, -0.2) is 31.3 Å². The number of benzene rings is 3. The predicted octanol–water partition coefficient (Wildman–Crippen LogP) is 5.19. The minimum atomic E-state index is -4.54. The van der Waals surface area contributed by atoms with Crippen molar-refractivity contribution in [2.45, 2.75) is 13.1 Å². The van der Waals surface area contributed by atoms with Crippen molar-refractivity contribution in [2.75, 3.05) is 24.4 Å². The lowest BCUT2D eigenvalue weighted by molar-refractivity contribution is -0.137. The van der Waals surface area contributed by atoms with Crippen LogP contribution in [0.25, 0.3) is 0 Å². The van der Waals surface area contributed by atoms with Crippen molar-refractivity contribution in [3.8, 4) is 11.5 Å². The second-order valence-electron chi connectivity index (χ2n) is 7.37. The molecule has 3 aromatic carbocycles. The number of anilines is 2. The van der Waals surface area contributed by atoms with E-state index in [2.05, 4.69) is 10.6 Å². The van der Waals surface area contributed by atoms with Gasteiger partial charge in [0, 0.05) is 22.5 Å². The van der Waals surface area contributed by atoms with Gasteiger partial charge in [-0.15, -0.1) is 0 Å². The van der Waals surface area contributed by atoms with Crippen LogP contribution in [0.4, 0.5) is 24.5 Å². The van der Waals surface area contributed by atoms with Crippen LogP contribution in [0.5, 0.6) is 11.5 Å². The summed E-state index contributed by atoms with van der Waals surface area (Å²) in [6, 6.07) is 14.7. The van der Waals surface area contributed by atoms with Gasteiger partial charge >= 0.3 is 6.18 Å². The first kappa shape index (κ1) is 25.3. The van der Waals surface area contributed by atoms with Crippen LogP contribution in [0.3, 0.4) is 0 Å². The highest BCUT2D eigenvalue weighted by atomic mass is 19.4. The van der Waals surface area contributed by atoms with Crippen LogP contribution < -0.4 is 20.1 Å². The van der Waals surface area contributed by atoms with E-state index in [1.165, 1.54) is 56.5 Å². The summed E-state index contributed by atoms with van der Waals surface area (Å²) in [4.78, 5) is 36.3. The molecule has 0 saturated heterocycles.